The zero-order valence-corrected chi connectivity index (χ0v) is 14.0. The molecule has 0 fully saturated rings. The van der Waals surface area contributed by atoms with Crippen molar-refractivity contribution < 1.29 is 35.9 Å². The van der Waals surface area contributed by atoms with Crippen molar-refractivity contribution in [3.05, 3.63) is 46.8 Å². The van der Waals surface area contributed by atoms with Crippen molar-refractivity contribution in [1.29, 1.82) is 0 Å². The van der Waals surface area contributed by atoms with Crippen LogP contribution in [0.5, 0.6) is 0 Å². The van der Waals surface area contributed by atoms with Crippen molar-refractivity contribution in [2.75, 3.05) is 6.54 Å². The van der Waals surface area contributed by atoms with Gasteiger partial charge in [-0.1, -0.05) is 0 Å². The summed E-state index contributed by atoms with van der Waals surface area (Å²) in [6, 6.07) is -0.737. The lowest BCUT2D eigenvalue weighted by molar-refractivity contribution is -0.148. The molecule has 0 aliphatic carbocycles. The van der Waals surface area contributed by atoms with E-state index in [9.17, 15) is 35.9 Å². The molecule has 0 saturated heterocycles. The van der Waals surface area contributed by atoms with Gasteiger partial charge >= 0.3 is 6.18 Å². The molecular weight excluding hydrogens is 394 g/mol. The lowest BCUT2D eigenvalue weighted by Gasteiger charge is -2.34. The molecule has 1 aromatic heterocycles. The van der Waals surface area contributed by atoms with Crippen LogP contribution < -0.4 is 0 Å². The molecule has 1 aliphatic rings. The Labute approximate surface area is 153 Å². The topological polar surface area (TPSA) is 68.1 Å². The number of halogens is 6. The molecule has 2 aromatic rings. The van der Waals surface area contributed by atoms with Gasteiger partial charge in [0, 0.05) is 24.7 Å². The molecule has 1 atom stereocenters. The summed E-state index contributed by atoms with van der Waals surface area (Å²) in [5, 5.41) is 6.55. The first-order chi connectivity index (χ1) is 13.1. The van der Waals surface area contributed by atoms with Crippen molar-refractivity contribution in [2.45, 2.75) is 31.7 Å². The quantitative estimate of drug-likeness (QED) is 0.330. The van der Waals surface area contributed by atoms with Crippen LogP contribution >= 0.6 is 0 Å². The zero-order chi connectivity index (χ0) is 20.6. The monoisotopic (exact) mass is 406 g/mol. The predicted molar refractivity (Wildman–Crippen MR) is 80.2 cm³/mol. The minimum absolute atomic E-state index is 0.134. The average molecular weight is 406 g/mol. The molecule has 0 N–H and O–H groups in total. The first-order valence-corrected chi connectivity index (χ1v) is 7.97. The number of hydrogen-bond donors (Lipinski definition) is 0. The third-order valence-electron chi connectivity index (χ3n) is 4.33. The van der Waals surface area contributed by atoms with E-state index < -0.39 is 53.3 Å². The minimum Gasteiger partial charge on any atom is -0.305 e. The Morgan fingerprint density at radius 3 is 2.43 bits per heavy atom. The van der Waals surface area contributed by atoms with Crippen LogP contribution in [-0.4, -0.2) is 38.3 Å². The maximum absolute atomic E-state index is 14.2. The van der Waals surface area contributed by atoms with Gasteiger partial charge in [0.15, 0.2) is 17.4 Å². The number of fused-ring (bicyclic) bond motifs is 1. The number of carbonyl (C=O) groups is 2. The Bertz CT molecular complexity index is 927. The second-order valence-corrected chi connectivity index (χ2v) is 6.09. The Balaban J connectivity index is 1.99. The molecule has 0 bridgehead atoms. The zero-order valence-electron chi connectivity index (χ0n) is 14.0. The summed E-state index contributed by atoms with van der Waals surface area (Å²) in [7, 11) is 0. The lowest BCUT2D eigenvalue weighted by atomic mass is 9.97. The van der Waals surface area contributed by atoms with Gasteiger partial charge in [0.25, 0.3) is 0 Å². The number of aromatic nitrogens is 3. The van der Waals surface area contributed by atoms with Crippen LogP contribution in [0.15, 0.2) is 12.1 Å². The summed E-state index contributed by atoms with van der Waals surface area (Å²) in [4.78, 5) is 24.4. The summed E-state index contributed by atoms with van der Waals surface area (Å²) in [5.74, 6) is -6.24. The van der Waals surface area contributed by atoms with Crippen LogP contribution in [0.4, 0.5) is 26.3 Å². The van der Waals surface area contributed by atoms with Gasteiger partial charge in [-0.05, 0) is 6.07 Å². The number of benzene rings is 1. The number of alkyl halides is 3. The van der Waals surface area contributed by atoms with Crippen LogP contribution in [0.2, 0.25) is 0 Å². The van der Waals surface area contributed by atoms with Gasteiger partial charge in [0.1, 0.15) is 17.9 Å². The summed E-state index contributed by atoms with van der Waals surface area (Å²) in [6.07, 6.45) is -5.10. The first kappa shape index (κ1) is 20.0. The number of aldehydes is 1. The van der Waals surface area contributed by atoms with Crippen molar-refractivity contribution >= 4 is 12.1 Å². The van der Waals surface area contributed by atoms with E-state index in [1.807, 2.05) is 0 Å². The molecule has 6 nitrogen and oxygen atoms in total. The van der Waals surface area contributed by atoms with Crippen molar-refractivity contribution in [3.63, 3.8) is 0 Å². The molecule has 0 amide bonds. The number of hydrogen-bond acceptors (Lipinski definition) is 5. The van der Waals surface area contributed by atoms with E-state index in [1.54, 1.807) is 0 Å². The van der Waals surface area contributed by atoms with E-state index in [0.717, 1.165) is 4.57 Å². The third-order valence-corrected chi connectivity index (χ3v) is 4.33. The number of carbonyl (C=O) groups excluding carboxylic acids is 2. The van der Waals surface area contributed by atoms with Crippen LogP contribution in [0, 0.1) is 17.5 Å². The van der Waals surface area contributed by atoms with Gasteiger partial charge < -0.3 is 9.36 Å². The second-order valence-electron chi connectivity index (χ2n) is 6.09. The molecule has 1 aromatic carbocycles. The van der Waals surface area contributed by atoms with Gasteiger partial charge in [-0.25, -0.2) is 13.2 Å². The van der Waals surface area contributed by atoms with Gasteiger partial charge in [-0.15, -0.1) is 10.2 Å². The SMILES string of the molecule is O=CCC(=O)[C@H](c1cc(F)c(F)cc1F)N1CCn2c(nnc2C(F)(F)F)C1. The predicted octanol–water partition coefficient (Wildman–Crippen LogP) is 2.43. The first-order valence-electron chi connectivity index (χ1n) is 7.97. The molecule has 0 radical (unpaired) electrons. The molecule has 1 aliphatic heterocycles. The van der Waals surface area contributed by atoms with E-state index >= 15 is 0 Å². The standard InChI is InChI=1S/C16H12F6N4O2/c17-9-6-11(19)10(18)5-8(9)14(12(28)1-4-27)25-2-3-26-13(7-25)23-24-15(26)16(20,21)22/h4-6,14H,1-3,7H2/t14-/m0/s1. The molecule has 12 heteroatoms. The molecule has 28 heavy (non-hydrogen) atoms. The minimum atomic E-state index is -4.73. The van der Waals surface area contributed by atoms with Gasteiger partial charge in [-0.2, -0.15) is 13.2 Å². The van der Waals surface area contributed by atoms with Gasteiger partial charge in [-0.3, -0.25) is 9.69 Å². The molecule has 3 rings (SSSR count). The van der Waals surface area contributed by atoms with Crippen molar-refractivity contribution in [1.82, 2.24) is 19.7 Å². The van der Waals surface area contributed by atoms with Gasteiger partial charge in [0.2, 0.25) is 5.82 Å². The number of nitrogens with zero attached hydrogens (tertiary/aromatic N) is 4. The normalized spacial score (nSPS) is 15.9. The fourth-order valence-corrected chi connectivity index (χ4v) is 3.12. The molecule has 150 valence electrons. The van der Waals surface area contributed by atoms with Crippen LogP contribution in [0.25, 0.3) is 0 Å². The maximum atomic E-state index is 14.2. The third kappa shape index (κ3) is 3.63. The molecule has 0 spiro atoms. The highest BCUT2D eigenvalue weighted by Crippen LogP contribution is 2.33. The highest BCUT2D eigenvalue weighted by molar-refractivity contribution is 5.94. The molecule has 2 heterocycles. The Kier molecular flexibility index (Phi) is 5.24. The average Bonchev–Trinajstić information content (AvgIpc) is 3.03. The summed E-state index contributed by atoms with van der Waals surface area (Å²) < 4.78 is 80.7. The molecular formula is C16H12F6N4O2. The number of ketones is 1. The van der Waals surface area contributed by atoms with Crippen LogP contribution in [0.1, 0.15) is 29.7 Å². The summed E-state index contributed by atoms with van der Waals surface area (Å²) in [5.41, 5.74) is -0.519. The Morgan fingerprint density at radius 2 is 1.79 bits per heavy atom. The summed E-state index contributed by atoms with van der Waals surface area (Å²) in [6.45, 7) is -0.772. The van der Waals surface area contributed by atoms with E-state index in [2.05, 4.69) is 10.2 Å². The maximum Gasteiger partial charge on any atom is 0.451 e. The van der Waals surface area contributed by atoms with E-state index in [1.165, 1.54) is 4.90 Å². The Morgan fingerprint density at radius 1 is 1.11 bits per heavy atom. The Hall–Kier alpha value is -2.76. The highest BCUT2D eigenvalue weighted by atomic mass is 19.4. The lowest BCUT2D eigenvalue weighted by Crippen LogP contribution is -2.41. The molecule has 0 unspecified atom stereocenters. The smallest absolute Gasteiger partial charge is 0.305 e. The van der Waals surface area contributed by atoms with E-state index in [0.29, 0.717) is 6.07 Å². The second kappa shape index (κ2) is 7.34. The van der Waals surface area contributed by atoms with Crippen molar-refractivity contribution in [2.24, 2.45) is 0 Å². The largest absolute Gasteiger partial charge is 0.451 e. The fourth-order valence-electron chi connectivity index (χ4n) is 3.12. The van der Waals surface area contributed by atoms with E-state index in [-0.39, 0.29) is 37.8 Å². The van der Waals surface area contributed by atoms with Crippen LogP contribution in [-0.2, 0) is 28.9 Å². The van der Waals surface area contributed by atoms with E-state index in [4.69, 9.17) is 0 Å². The highest BCUT2D eigenvalue weighted by Gasteiger charge is 2.41. The summed E-state index contributed by atoms with van der Waals surface area (Å²) >= 11 is 0. The van der Waals surface area contributed by atoms with Gasteiger partial charge in [0.05, 0.1) is 19.0 Å². The number of rotatable bonds is 5. The number of Topliss-reactive ketones (excluding diaryl/α,β-unsaturated/α-hetero) is 1. The van der Waals surface area contributed by atoms with Crippen LogP contribution in [0.3, 0.4) is 0 Å². The fraction of sp³-hybridized carbons (Fsp3) is 0.375. The van der Waals surface area contributed by atoms with Crippen molar-refractivity contribution in [3.8, 4) is 0 Å². The molecule has 0 saturated carbocycles.